The van der Waals surface area contributed by atoms with E-state index >= 15 is 0 Å². The van der Waals surface area contributed by atoms with Gasteiger partial charge in [0.15, 0.2) is 0 Å². The van der Waals surface area contributed by atoms with Gasteiger partial charge >= 0.3 is 12.1 Å². The summed E-state index contributed by atoms with van der Waals surface area (Å²) in [5, 5.41) is 10.2. The molecule has 0 spiro atoms. The van der Waals surface area contributed by atoms with Crippen LogP contribution in [0.1, 0.15) is 22.4 Å². The number of carbonyl (C=O) groups excluding carboxylic acids is 1. The number of carboxylic acid groups (broad SMARTS) is 1. The van der Waals surface area contributed by atoms with Crippen LogP contribution >= 0.6 is 15.9 Å². The molecule has 5 rings (SSSR count). The molecule has 1 amide bonds. The maximum absolute atomic E-state index is 13.6. The average Bonchev–Trinajstić information content (AvgIpc) is 3.41. The van der Waals surface area contributed by atoms with E-state index in [1.165, 1.54) is 0 Å². The predicted octanol–water partition coefficient (Wildman–Crippen LogP) is 5.94. The molecule has 1 aliphatic rings. The van der Waals surface area contributed by atoms with E-state index in [4.69, 9.17) is 14.0 Å². The van der Waals surface area contributed by atoms with Crippen LogP contribution in [-0.2, 0) is 40.4 Å². The third kappa shape index (κ3) is 5.55. The van der Waals surface area contributed by atoms with Gasteiger partial charge in [0, 0.05) is 28.4 Å². The van der Waals surface area contributed by atoms with Crippen LogP contribution in [0.15, 0.2) is 94.0 Å². The van der Waals surface area contributed by atoms with Crippen molar-refractivity contribution in [1.82, 2.24) is 4.98 Å². The van der Waals surface area contributed by atoms with Crippen molar-refractivity contribution in [2.24, 2.45) is 0 Å². The lowest BCUT2D eigenvalue weighted by atomic mass is 9.94. The van der Waals surface area contributed by atoms with Crippen LogP contribution in [0.3, 0.4) is 0 Å². The van der Waals surface area contributed by atoms with Gasteiger partial charge in [-0.2, -0.15) is 9.63 Å². The van der Waals surface area contributed by atoms with Crippen LogP contribution in [0.2, 0.25) is 0 Å². The van der Waals surface area contributed by atoms with E-state index in [-0.39, 0.29) is 26.2 Å². The number of hydrogen-bond acceptors (Lipinski definition) is 6. The summed E-state index contributed by atoms with van der Waals surface area (Å²) in [6.07, 6.45) is 1.26. The molecular weight excluding hydrogens is 552 g/mol. The minimum Gasteiger partial charge on any atom is -0.477 e. The lowest BCUT2D eigenvalue weighted by molar-refractivity contribution is -1.07. The Hall–Kier alpha value is -3.79. The zero-order chi connectivity index (χ0) is 26.5. The van der Waals surface area contributed by atoms with Crippen LogP contribution < -0.4 is 0 Å². The molecule has 2 atom stereocenters. The lowest BCUT2D eigenvalue weighted by Crippen LogP contribution is -2.64. The van der Waals surface area contributed by atoms with E-state index in [1.807, 2.05) is 78.9 Å². The second-order valence-electron chi connectivity index (χ2n) is 9.05. The number of rotatable bonds is 8. The highest BCUT2D eigenvalue weighted by atomic mass is 79.9. The van der Waals surface area contributed by atoms with Crippen LogP contribution in [0.25, 0.3) is 11.5 Å². The number of aromatic nitrogens is 1. The second kappa shape index (κ2) is 11.3. The van der Waals surface area contributed by atoms with Gasteiger partial charge in [-0.05, 0) is 35.4 Å². The van der Waals surface area contributed by atoms with Gasteiger partial charge in [-0.1, -0.05) is 75.2 Å². The number of carbonyl (C=O) groups is 2. The number of aliphatic carboxylic acids is 1. The molecule has 8 nitrogen and oxygen atoms in total. The Morgan fingerprint density at radius 3 is 2.45 bits per heavy atom. The Bertz CT molecular complexity index is 1420. The van der Waals surface area contributed by atoms with Gasteiger partial charge in [-0.3, -0.25) is 0 Å². The number of carboxylic acids is 1. The third-order valence-electron chi connectivity index (χ3n) is 6.56. The minimum atomic E-state index is -1.17. The lowest BCUT2D eigenvalue weighted by Gasteiger charge is -2.39. The number of benzene rings is 3. The van der Waals surface area contributed by atoms with Crippen molar-refractivity contribution >= 4 is 28.0 Å². The largest absolute Gasteiger partial charge is 0.551 e. The van der Waals surface area contributed by atoms with Gasteiger partial charge in [0.1, 0.15) is 26.0 Å². The van der Waals surface area contributed by atoms with Crippen molar-refractivity contribution in [3.63, 3.8) is 0 Å². The quantitative estimate of drug-likeness (QED) is 0.259. The summed E-state index contributed by atoms with van der Waals surface area (Å²) in [7, 11) is 0. The normalized spacial score (nSPS) is 18.5. The van der Waals surface area contributed by atoms with Gasteiger partial charge in [-0.25, -0.2) is 9.78 Å². The Morgan fingerprint density at radius 2 is 1.71 bits per heavy atom. The number of amides is 1. The highest BCUT2D eigenvalue weighted by molar-refractivity contribution is 9.10. The Kier molecular flexibility index (Phi) is 7.69. The first-order chi connectivity index (χ1) is 18.4. The number of hydrogen-bond donors (Lipinski definition) is 1. The summed E-state index contributed by atoms with van der Waals surface area (Å²) in [5.41, 5.74) is 3.98. The molecule has 0 fully saturated rings. The molecule has 0 radical (unpaired) electrons. The minimum absolute atomic E-state index is 0.00676. The van der Waals surface area contributed by atoms with Crippen LogP contribution in [0.4, 0.5) is 4.79 Å². The van der Waals surface area contributed by atoms with Gasteiger partial charge < -0.3 is 14.3 Å². The fourth-order valence-electron chi connectivity index (χ4n) is 4.56. The molecule has 0 bridgehead atoms. The molecule has 4 aromatic rings. The highest BCUT2D eigenvalue weighted by Gasteiger charge is 2.56. The molecule has 3 aromatic carbocycles. The first-order valence-electron chi connectivity index (χ1n) is 12.2. The highest BCUT2D eigenvalue weighted by Crippen LogP contribution is 2.33. The number of halogens is 1. The van der Waals surface area contributed by atoms with Crippen molar-refractivity contribution in [3.05, 3.63) is 112 Å². The van der Waals surface area contributed by atoms with Crippen molar-refractivity contribution in [3.8, 4) is 11.5 Å². The van der Waals surface area contributed by atoms with Crippen LogP contribution in [0.5, 0.6) is 0 Å². The van der Waals surface area contributed by atoms with Gasteiger partial charge in [0.2, 0.25) is 11.9 Å². The van der Waals surface area contributed by atoms with Gasteiger partial charge in [0.05, 0.1) is 5.69 Å². The molecule has 2 heterocycles. The molecule has 9 heteroatoms. The Morgan fingerprint density at radius 1 is 1.00 bits per heavy atom. The van der Waals surface area contributed by atoms with Crippen molar-refractivity contribution in [2.75, 3.05) is 6.61 Å². The SMILES string of the molecule is O=C(O)C1Cc2ccccc2C[N+]1(OCCc1coc(-c2ccccc2)n1)C(=O)OCc1ccc(Br)cc1. The summed E-state index contributed by atoms with van der Waals surface area (Å²) >= 11 is 3.39. The monoisotopic (exact) mass is 577 g/mol. The molecule has 2 unspecified atom stereocenters. The van der Waals surface area contributed by atoms with Crippen molar-refractivity contribution in [2.45, 2.75) is 32.0 Å². The maximum Gasteiger partial charge on any atom is 0.551 e. The standard InChI is InChI=1S/C29H25BrN2O6/c30-24-12-10-20(11-13-24)18-37-29(35)32(17-23-9-5-4-8-22(23)16-26(32)28(33)34)38-15-14-25-19-36-27(31-25)21-6-2-1-3-7-21/h1-13,19,26H,14-18H2/p+1. The third-order valence-corrected chi connectivity index (χ3v) is 7.09. The van der Waals surface area contributed by atoms with E-state index in [9.17, 15) is 14.7 Å². The van der Waals surface area contributed by atoms with E-state index in [0.717, 1.165) is 26.7 Å². The number of nitrogens with zero attached hydrogens (tertiary/aromatic N) is 2. The Labute approximate surface area is 228 Å². The van der Waals surface area contributed by atoms with E-state index in [2.05, 4.69) is 20.9 Å². The topological polar surface area (TPSA) is 98.9 Å². The molecule has 1 aromatic heterocycles. The summed E-state index contributed by atoms with van der Waals surface area (Å²) in [6, 6.07) is 23.2. The van der Waals surface area contributed by atoms with E-state index in [0.29, 0.717) is 18.0 Å². The molecule has 38 heavy (non-hydrogen) atoms. The summed E-state index contributed by atoms with van der Waals surface area (Å²) < 4.78 is 11.4. The number of fused-ring (bicyclic) bond motifs is 1. The zero-order valence-corrected chi connectivity index (χ0v) is 22.0. The first-order valence-corrected chi connectivity index (χ1v) is 13.0. The molecule has 194 valence electrons. The molecule has 0 aliphatic carbocycles. The summed E-state index contributed by atoms with van der Waals surface area (Å²) in [5.74, 6) is -0.651. The van der Waals surface area contributed by atoms with E-state index < -0.39 is 22.8 Å². The van der Waals surface area contributed by atoms with Crippen LogP contribution in [-0.4, -0.2) is 39.4 Å². The van der Waals surface area contributed by atoms with E-state index in [1.54, 1.807) is 6.26 Å². The molecule has 1 aliphatic heterocycles. The fourth-order valence-corrected chi connectivity index (χ4v) is 4.82. The zero-order valence-electron chi connectivity index (χ0n) is 20.5. The maximum atomic E-state index is 13.6. The molecular formula is C29H26BrN2O6+. The van der Waals surface area contributed by atoms with Gasteiger partial charge in [-0.15, -0.1) is 0 Å². The molecule has 0 saturated carbocycles. The summed E-state index contributed by atoms with van der Waals surface area (Å²) in [6.45, 7) is 0.0771. The number of ether oxygens (including phenoxy) is 1. The van der Waals surface area contributed by atoms with Crippen LogP contribution in [0, 0.1) is 0 Å². The second-order valence-corrected chi connectivity index (χ2v) is 9.97. The number of oxazole rings is 1. The van der Waals surface area contributed by atoms with Gasteiger partial charge in [0.25, 0.3) is 0 Å². The average molecular weight is 578 g/mol. The number of hydroxylamine groups is 3. The predicted molar refractivity (Wildman–Crippen MR) is 141 cm³/mol. The van der Waals surface area contributed by atoms with Crippen molar-refractivity contribution in [1.29, 1.82) is 0 Å². The fraction of sp³-hybridized carbons (Fsp3) is 0.207. The molecule has 1 N–H and O–H groups in total. The number of quaternary nitrogens is 1. The first kappa shape index (κ1) is 25.8. The summed E-state index contributed by atoms with van der Waals surface area (Å²) in [4.78, 5) is 36.8. The van der Waals surface area contributed by atoms with Crippen molar-refractivity contribution < 1.29 is 33.3 Å². The Balaban J connectivity index is 1.37. The smallest absolute Gasteiger partial charge is 0.477 e. The molecule has 0 saturated heterocycles.